The molecule has 0 saturated carbocycles. The summed E-state index contributed by atoms with van der Waals surface area (Å²) in [6.07, 6.45) is 0. The van der Waals surface area contributed by atoms with Gasteiger partial charge in [-0.3, -0.25) is 18.3 Å². The molecular formula is C19H18N6O2S. The zero-order valence-electron chi connectivity index (χ0n) is 15.7. The van der Waals surface area contributed by atoms with E-state index in [0.717, 1.165) is 15.7 Å². The molecule has 0 radical (unpaired) electrons. The SMILES string of the molecule is C=C(C)CSc1nnc2c3c(=O)n(C)c(=O)n(C)c3nc(-c3ccccc3)n12. The van der Waals surface area contributed by atoms with Crippen LogP contribution in [0.5, 0.6) is 0 Å². The van der Waals surface area contributed by atoms with Crippen molar-refractivity contribution in [2.75, 3.05) is 5.75 Å². The number of benzene rings is 1. The number of hydrogen-bond acceptors (Lipinski definition) is 6. The molecule has 0 saturated heterocycles. The number of nitrogens with zero attached hydrogens (tertiary/aromatic N) is 6. The highest BCUT2D eigenvalue weighted by Crippen LogP contribution is 2.27. The topological polar surface area (TPSA) is 87.1 Å². The van der Waals surface area contributed by atoms with Gasteiger partial charge in [-0.15, -0.1) is 10.2 Å². The second-order valence-corrected chi connectivity index (χ2v) is 7.54. The highest BCUT2D eigenvalue weighted by Gasteiger charge is 2.21. The number of thioether (sulfide) groups is 1. The molecule has 3 heterocycles. The van der Waals surface area contributed by atoms with Crippen molar-refractivity contribution >= 4 is 28.4 Å². The van der Waals surface area contributed by atoms with Gasteiger partial charge in [0.1, 0.15) is 11.2 Å². The van der Waals surface area contributed by atoms with E-state index < -0.39 is 11.2 Å². The van der Waals surface area contributed by atoms with Crippen molar-refractivity contribution in [1.82, 2.24) is 28.7 Å². The van der Waals surface area contributed by atoms with Crippen LogP contribution in [0.2, 0.25) is 0 Å². The Morgan fingerprint density at radius 1 is 1.07 bits per heavy atom. The average molecular weight is 394 g/mol. The number of rotatable bonds is 4. The molecule has 8 nitrogen and oxygen atoms in total. The Hall–Kier alpha value is -3.20. The lowest BCUT2D eigenvalue weighted by Gasteiger charge is -2.12. The van der Waals surface area contributed by atoms with Gasteiger partial charge in [0.15, 0.2) is 16.5 Å². The van der Waals surface area contributed by atoms with E-state index in [1.165, 1.54) is 23.4 Å². The standard InChI is InChI=1S/C19H18N6O2S/c1-11(2)10-28-18-22-21-16-13-15(23(3)19(27)24(4)17(13)26)20-14(25(16)18)12-8-6-5-7-9-12/h5-9H,1,10H2,2-4H3. The van der Waals surface area contributed by atoms with Gasteiger partial charge in [-0.25, -0.2) is 9.78 Å². The van der Waals surface area contributed by atoms with Crippen molar-refractivity contribution < 1.29 is 0 Å². The monoisotopic (exact) mass is 394 g/mol. The minimum atomic E-state index is -0.445. The summed E-state index contributed by atoms with van der Waals surface area (Å²) in [6.45, 7) is 5.86. The Bertz CT molecular complexity index is 1350. The largest absolute Gasteiger partial charge is 0.332 e. The van der Waals surface area contributed by atoms with Gasteiger partial charge in [0, 0.05) is 25.4 Å². The van der Waals surface area contributed by atoms with Crippen LogP contribution < -0.4 is 11.2 Å². The van der Waals surface area contributed by atoms with Crippen molar-refractivity contribution in [3.63, 3.8) is 0 Å². The van der Waals surface area contributed by atoms with Gasteiger partial charge in [-0.1, -0.05) is 54.2 Å². The van der Waals surface area contributed by atoms with Crippen molar-refractivity contribution in [2.45, 2.75) is 12.1 Å². The first-order chi connectivity index (χ1) is 13.4. The van der Waals surface area contributed by atoms with Crippen LogP contribution >= 0.6 is 11.8 Å². The fourth-order valence-electron chi connectivity index (χ4n) is 3.00. The Morgan fingerprint density at radius 2 is 1.79 bits per heavy atom. The van der Waals surface area contributed by atoms with Crippen molar-refractivity contribution in [3.05, 3.63) is 63.3 Å². The third kappa shape index (κ3) is 2.75. The van der Waals surface area contributed by atoms with Gasteiger partial charge in [0.2, 0.25) is 0 Å². The summed E-state index contributed by atoms with van der Waals surface area (Å²) in [6, 6.07) is 9.55. The van der Waals surface area contributed by atoms with E-state index in [1.807, 2.05) is 37.3 Å². The molecule has 0 spiro atoms. The fourth-order valence-corrected chi connectivity index (χ4v) is 3.77. The second-order valence-electron chi connectivity index (χ2n) is 6.59. The summed E-state index contributed by atoms with van der Waals surface area (Å²) in [5.41, 5.74) is 1.60. The molecule has 0 aliphatic carbocycles. The van der Waals surface area contributed by atoms with E-state index in [1.54, 1.807) is 11.4 Å². The number of fused-ring (bicyclic) bond motifs is 3. The molecule has 0 aliphatic rings. The van der Waals surface area contributed by atoms with Gasteiger partial charge >= 0.3 is 5.69 Å². The highest BCUT2D eigenvalue weighted by molar-refractivity contribution is 7.99. The molecule has 142 valence electrons. The molecule has 3 aromatic heterocycles. The van der Waals surface area contributed by atoms with E-state index in [2.05, 4.69) is 16.8 Å². The van der Waals surface area contributed by atoms with Crippen LogP contribution in [0.1, 0.15) is 6.92 Å². The molecule has 0 fully saturated rings. The van der Waals surface area contributed by atoms with E-state index in [9.17, 15) is 9.59 Å². The normalized spacial score (nSPS) is 11.4. The maximum atomic E-state index is 12.8. The van der Waals surface area contributed by atoms with E-state index in [4.69, 9.17) is 4.98 Å². The lowest BCUT2D eigenvalue weighted by atomic mass is 10.2. The fraction of sp³-hybridized carbons (Fsp3) is 0.211. The smallest absolute Gasteiger partial charge is 0.280 e. The Morgan fingerprint density at radius 3 is 2.46 bits per heavy atom. The van der Waals surface area contributed by atoms with Crippen molar-refractivity contribution in [2.24, 2.45) is 14.1 Å². The predicted molar refractivity (Wildman–Crippen MR) is 110 cm³/mol. The van der Waals surface area contributed by atoms with Crippen LogP contribution in [0.4, 0.5) is 0 Å². The quantitative estimate of drug-likeness (QED) is 0.389. The van der Waals surface area contributed by atoms with Gasteiger partial charge in [-0.2, -0.15) is 0 Å². The average Bonchev–Trinajstić information content (AvgIpc) is 3.12. The molecule has 0 aliphatic heterocycles. The van der Waals surface area contributed by atoms with Gasteiger partial charge in [0.25, 0.3) is 5.56 Å². The van der Waals surface area contributed by atoms with Crippen molar-refractivity contribution in [1.29, 1.82) is 0 Å². The molecule has 0 N–H and O–H groups in total. The van der Waals surface area contributed by atoms with Crippen LogP contribution in [0, 0.1) is 0 Å². The van der Waals surface area contributed by atoms with E-state index >= 15 is 0 Å². The first-order valence-corrected chi connectivity index (χ1v) is 9.56. The summed E-state index contributed by atoms with van der Waals surface area (Å²) in [7, 11) is 3.04. The highest BCUT2D eigenvalue weighted by atomic mass is 32.2. The minimum absolute atomic E-state index is 0.263. The molecule has 4 rings (SSSR count). The van der Waals surface area contributed by atoms with E-state index in [-0.39, 0.29) is 11.0 Å². The van der Waals surface area contributed by atoms with Crippen LogP contribution in [-0.2, 0) is 14.1 Å². The van der Waals surface area contributed by atoms with Crippen LogP contribution in [0.3, 0.4) is 0 Å². The number of hydrogen-bond donors (Lipinski definition) is 0. The van der Waals surface area contributed by atoms with Crippen molar-refractivity contribution in [3.8, 4) is 11.4 Å². The summed E-state index contributed by atoms with van der Waals surface area (Å²) in [5, 5.41) is 9.44. The maximum absolute atomic E-state index is 12.8. The summed E-state index contributed by atoms with van der Waals surface area (Å²) < 4.78 is 4.19. The molecule has 0 atom stereocenters. The molecule has 9 heteroatoms. The molecule has 0 amide bonds. The number of aromatic nitrogens is 6. The first-order valence-electron chi connectivity index (χ1n) is 8.57. The Balaban J connectivity index is 2.18. The molecule has 0 bridgehead atoms. The van der Waals surface area contributed by atoms with Gasteiger partial charge in [0.05, 0.1) is 0 Å². The van der Waals surface area contributed by atoms with E-state index in [0.29, 0.717) is 22.4 Å². The number of aryl methyl sites for hydroxylation is 1. The first kappa shape index (κ1) is 18.2. The molecule has 4 aromatic rings. The maximum Gasteiger partial charge on any atom is 0.332 e. The lowest BCUT2D eigenvalue weighted by Crippen LogP contribution is -2.37. The zero-order valence-corrected chi connectivity index (χ0v) is 16.5. The third-order valence-corrected chi connectivity index (χ3v) is 5.55. The van der Waals surface area contributed by atoms with Gasteiger partial charge in [-0.05, 0) is 6.92 Å². The molecule has 0 unspecified atom stereocenters. The van der Waals surface area contributed by atoms with Crippen LogP contribution in [0.15, 0.2) is 57.2 Å². The third-order valence-electron chi connectivity index (χ3n) is 4.39. The zero-order chi connectivity index (χ0) is 20.0. The van der Waals surface area contributed by atoms with Crippen LogP contribution in [-0.4, -0.2) is 34.5 Å². The lowest BCUT2D eigenvalue weighted by molar-refractivity contribution is 0.706. The minimum Gasteiger partial charge on any atom is -0.280 e. The molecule has 1 aromatic carbocycles. The van der Waals surface area contributed by atoms with Gasteiger partial charge < -0.3 is 0 Å². The predicted octanol–water partition coefficient (Wildman–Crippen LogP) is 2.01. The Kier molecular flexibility index (Phi) is 4.38. The molecular weight excluding hydrogens is 376 g/mol. The van der Waals surface area contributed by atoms with Crippen LogP contribution in [0.25, 0.3) is 28.1 Å². The summed E-state index contributed by atoms with van der Waals surface area (Å²) in [4.78, 5) is 29.9. The molecule has 28 heavy (non-hydrogen) atoms. The Labute approximate surface area is 164 Å². The summed E-state index contributed by atoms with van der Waals surface area (Å²) in [5.74, 6) is 1.23. The summed E-state index contributed by atoms with van der Waals surface area (Å²) >= 11 is 1.47. The second kappa shape index (κ2) is 6.75.